The predicted molar refractivity (Wildman–Crippen MR) is 101 cm³/mol. The van der Waals surface area contributed by atoms with Crippen LogP contribution in [-0.2, 0) is 0 Å². The van der Waals surface area contributed by atoms with Gasteiger partial charge in [0.15, 0.2) is 5.13 Å². The average molecular weight is 377 g/mol. The summed E-state index contributed by atoms with van der Waals surface area (Å²) in [5.41, 5.74) is 4.04. The number of nitrogens with zero attached hydrogens (tertiary/aromatic N) is 1. The molecule has 1 amide bonds. The number of carbonyl (C=O) groups is 1. The van der Waals surface area contributed by atoms with Crippen LogP contribution in [0.15, 0.2) is 41.8 Å². The summed E-state index contributed by atoms with van der Waals surface area (Å²) in [7, 11) is 0. The molecule has 0 aliphatic rings. The van der Waals surface area contributed by atoms with Crippen molar-refractivity contribution in [2.75, 3.05) is 5.32 Å². The van der Waals surface area contributed by atoms with E-state index in [1.807, 2.05) is 37.4 Å². The number of hydrogen-bond acceptors (Lipinski definition) is 3. The van der Waals surface area contributed by atoms with E-state index >= 15 is 0 Å². The fourth-order valence-electron chi connectivity index (χ4n) is 2.29. The van der Waals surface area contributed by atoms with Gasteiger partial charge in [-0.3, -0.25) is 10.1 Å². The summed E-state index contributed by atoms with van der Waals surface area (Å²) in [5.74, 6) is -0.172. The van der Waals surface area contributed by atoms with Crippen LogP contribution in [0.25, 0.3) is 11.3 Å². The number of thiazole rings is 1. The van der Waals surface area contributed by atoms with E-state index in [1.54, 1.807) is 18.2 Å². The fraction of sp³-hybridized carbons (Fsp3) is 0.111. The molecular formula is C18H14Cl2N2OS. The third-order valence-electron chi connectivity index (χ3n) is 3.57. The largest absolute Gasteiger partial charge is 0.298 e. The second-order valence-corrected chi connectivity index (χ2v) is 7.14. The molecule has 0 bridgehead atoms. The monoisotopic (exact) mass is 376 g/mol. The van der Waals surface area contributed by atoms with Crippen molar-refractivity contribution in [3.63, 3.8) is 0 Å². The predicted octanol–water partition coefficient (Wildman–Crippen LogP) is 5.99. The smallest absolute Gasteiger partial charge is 0.257 e. The van der Waals surface area contributed by atoms with Crippen molar-refractivity contribution in [3.8, 4) is 11.3 Å². The second-order valence-electron chi connectivity index (χ2n) is 5.43. The molecule has 0 unspecified atom stereocenters. The Morgan fingerprint density at radius 3 is 2.71 bits per heavy atom. The molecule has 0 radical (unpaired) electrons. The van der Waals surface area contributed by atoms with E-state index in [9.17, 15) is 4.79 Å². The van der Waals surface area contributed by atoms with Gasteiger partial charge < -0.3 is 0 Å². The first-order valence-corrected chi connectivity index (χ1v) is 8.87. The third kappa shape index (κ3) is 3.61. The molecule has 0 spiro atoms. The first-order chi connectivity index (χ1) is 11.4. The summed E-state index contributed by atoms with van der Waals surface area (Å²) in [6.45, 7) is 3.87. The highest BCUT2D eigenvalue weighted by atomic mass is 35.5. The molecule has 0 fully saturated rings. The van der Waals surface area contributed by atoms with Crippen molar-refractivity contribution in [2.45, 2.75) is 13.8 Å². The first-order valence-electron chi connectivity index (χ1n) is 7.23. The highest BCUT2D eigenvalue weighted by Gasteiger charge is 2.13. The Morgan fingerprint density at radius 2 is 1.92 bits per heavy atom. The number of aryl methyl sites for hydroxylation is 2. The first kappa shape index (κ1) is 17.0. The van der Waals surface area contributed by atoms with Crippen LogP contribution in [0.4, 0.5) is 5.13 Å². The van der Waals surface area contributed by atoms with Crippen molar-refractivity contribution in [2.24, 2.45) is 0 Å². The Hall–Kier alpha value is -1.88. The van der Waals surface area contributed by atoms with E-state index in [1.165, 1.54) is 11.3 Å². The summed E-state index contributed by atoms with van der Waals surface area (Å²) >= 11 is 13.6. The normalized spacial score (nSPS) is 10.7. The molecule has 122 valence electrons. The minimum Gasteiger partial charge on any atom is -0.298 e. The van der Waals surface area contributed by atoms with Crippen LogP contribution in [0, 0.1) is 13.8 Å². The average Bonchev–Trinajstić information content (AvgIpc) is 3.00. The number of amides is 1. The lowest BCUT2D eigenvalue weighted by molar-refractivity contribution is 0.102. The maximum absolute atomic E-state index is 12.5. The second kappa shape index (κ2) is 6.93. The van der Waals surface area contributed by atoms with E-state index in [0.717, 1.165) is 16.7 Å². The lowest BCUT2D eigenvalue weighted by Gasteiger charge is -2.06. The third-order valence-corrected chi connectivity index (χ3v) is 4.89. The molecule has 3 rings (SSSR count). The number of carbonyl (C=O) groups excluding carboxylic acids is 1. The molecule has 6 heteroatoms. The number of nitrogens with one attached hydrogen (secondary N) is 1. The van der Waals surface area contributed by atoms with Gasteiger partial charge in [0, 0.05) is 21.5 Å². The van der Waals surface area contributed by atoms with Gasteiger partial charge in [-0.05, 0) is 43.7 Å². The zero-order chi connectivity index (χ0) is 17.3. The van der Waals surface area contributed by atoms with Crippen LogP contribution in [0.5, 0.6) is 0 Å². The molecule has 0 saturated carbocycles. The molecular weight excluding hydrogens is 363 g/mol. The molecule has 2 aromatic carbocycles. The Morgan fingerprint density at radius 1 is 1.12 bits per heavy atom. The van der Waals surface area contributed by atoms with Crippen molar-refractivity contribution in [1.29, 1.82) is 0 Å². The Balaban J connectivity index is 1.85. The van der Waals surface area contributed by atoms with Crippen molar-refractivity contribution in [1.82, 2.24) is 4.98 Å². The quantitative estimate of drug-likeness (QED) is 0.610. The Labute approximate surface area is 154 Å². The zero-order valence-electron chi connectivity index (χ0n) is 13.1. The number of benzene rings is 2. The molecule has 0 saturated heterocycles. The van der Waals surface area contributed by atoms with Crippen LogP contribution < -0.4 is 5.32 Å². The van der Waals surface area contributed by atoms with E-state index in [0.29, 0.717) is 26.4 Å². The van der Waals surface area contributed by atoms with Gasteiger partial charge in [-0.15, -0.1) is 11.3 Å². The number of halogens is 2. The minimum atomic E-state index is -0.172. The summed E-state index contributed by atoms with van der Waals surface area (Å²) in [6, 6.07) is 11.0. The molecule has 24 heavy (non-hydrogen) atoms. The van der Waals surface area contributed by atoms with Gasteiger partial charge in [0.1, 0.15) is 0 Å². The van der Waals surface area contributed by atoms with Crippen LogP contribution in [0.1, 0.15) is 21.5 Å². The molecule has 1 N–H and O–H groups in total. The molecule has 3 nitrogen and oxygen atoms in total. The number of anilines is 1. The van der Waals surface area contributed by atoms with Gasteiger partial charge in [0.2, 0.25) is 0 Å². The molecule has 0 aliphatic carbocycles. The number of hydrogen-bond donors (Lipinski definition) is 1. The Kier molecular flexibility index (Phi) is 4.90. The topological polar surface area (TPSA) is 42.0 Å². The van der Waals surface area contributed by atoms with E-state index in [-0.39, 0.29) is 5.91 Å². The molecule has 1 aromatic heterocycles. The minimum absolute atomic E-state index is 0.172. The molecule has 3 aromatic rings. The molecule has 0 atom stereocenters. The fourth-order valence-corrected chi connectivity index (χ4v) is 3.39. The maximum Gasteiger partial charge on any atom is 0.257 e. The summed E-state index contributed by atoms with van der Waals surface area (Å²) in [4.78, 5) is 16.9. The van der Waals surface area contributed by atoms with Crippen molar-refractivity contribution >= 4 is 45.6 Å². The molecule has 0 aliphatic heterocycles. The van der Waals surface area contributed by atoms with Gasteiger partial charge >= 0.3 is 0 Å². The van der Waals surface area contributed by atoms with Crippen molar-refractivity contribution < 1.29 is 4.79 Å². The van der Waals surface area contributed by atoms with E-state index in [4.69, 9.17) is 23.2 Å². The van der Waals surface area contributed by atoms with Crippen LogP contribution in [0.3, 0.4) is 0 Å². The van der Waals surface area contributed by atoms with Crippen LogP contribution in [-0.4, -0.2) is 10.9 Å². The standard InChI is InChI=1S/C18H14Cl2N2OS/c1-10-3-4-11(2)13(7-10)17(23)22-18-21-16(9-24-18)14-8-12(19)5-6-15(14)20/h3-9H,1-2H3,(H,21,22,23). The van der Waals surface area contributed by atoms with Crippen molar-refractivity contribution in [3.05, 3.63) is 68.5 Å². The molecule has 1 heterocycles. The maximum atomic E-state index is 12.5. The number of aromatic nitrogens is 1. The lowest BCUT2D eigenvalue weighted by atomic mass is 10.1. The van der Waals surface area contributed by atoms with E-state index < -0.39 is 0 Å². The lowest BCUT2D eigenvalue weighted by Crippen LogP contribution is -2.13. The number of rotatable bonds is 3. The van der Waals surface area contributed by atoms with E-state index in [2.05, 4.69) is 10.3 Å². The van der Waals surface area contributed by atoms with Crippen LogP contribution in [0.2, 0.25) is 10.0 Å². The summed E-state index contributed by atoms with van der Waals surface area (Å²) < 4.78 is 0. The highest BCUT2D eigenvalue weighted by molar-refractivity contribution is 7.14. The van der Waals surface area contributed by atoms with Gasteiger partial charge in [-0.25, -0.2) is 4.98 Å². The summed E-state index contributed by atoms with van der Waals surface area (Å²) in [6.07, 6.45) is 0. The van der Waals surface area contributed by atoms with Gasteiger partial charge in [0.25, 0.3) is 5.91 Å². The van der Waals surface area contributed by atoms with Gasteiger partial charge in [0.05, 0.1) is 10.7 Å². The SMILES string of the molecule is Cc1ccc(C)c(C(=O)Nc2nc(-c3cc(Cl)ccc3Cl)cs2)c1. The van der Waals surface area contributed by atoms with Gasteiger partial charge in [-0.1, -0.05) is 40.9 Å². The zero-order valence-corrected chi connectivity index (χ0v) is 15.4. The summed E-state index contributed by atoms with van der Waals surface area (Å²) in [5, 5.41) is 6.36. The van der Waals surface area contributed by atoms with Crippen LogP contribution >= 0.6 is 34.5 Å². The Bertz CT molecular complexity index is 921. The van der Waals surface area contributed by atoms with Gasteiger partial charge in [-0.2, -0.15) is 0 Å². The highest BCUT2D eigenvalue weighted by Crippen LogP contribution is 2.32.